The van der Waals surface area contributed by atoms with E-state index in [9.17, 15) is 14.4 Å². The third-order valence-corrected chi connectivity index (χ3v) is 4.06. The Hall–Kier alpha value is -3.03. The molecule has 0 unspecified atom stereocenters. The van der Waals surface area contributed by atoms with Gasteiger partial charge in [0.1, 0.15) is 12.4 Å². The lowest BCUT2D eigenvalue weighted by Crippen LogP contribution is -2.51. The summed E-state index contributed by atoms with van der Waals surface area (Å²) in [6, 6.07) is 5.62. The maximum absolute atomic E-state index is 12.3. The van der Waals surface area contributed by atoms with Crippen LogP contribution in [-0.2, 0) is 14.3 Å². The summed E-state index contributed by atoms with van der Waals surface area (Å²) < 4.78 is 15.9. The molecule has 0 radical (unpaired) electrons. The van der Waals surface area contributed by atoms with Crippen LogP contribution in [0, 0.1) is 0 Å². The molecule has 0 bridgehead atoms. The number of carbonyl (C=O) groups excluding carboxylic acids is 3. The second-order valence-corrected chi connectivity index (χ2v) is 6.12. The fourth-order valence-corrected chi connectivity index (χ4v) is 2.70. The van der Waals surface area contributed by atoms with Gasteiger partial charge in [0, 0.05) is 0 Å². The number of hydrogen-bond donors (Lipinski definition) is 2. The van der Waals surface area contributed by atoms with Gasteiger partial charge in [-0.15, -0.1) is 0 Å². The molecule has 1 heterocycles. The number of ether oxygens (including phenoxy) is 3. The summed E-state index contributed by atoms with van der Waals surface area (Å²) in [5.74, 6) is -0.453. The van der Waals surface area contributed by atoms with Crippen molar-refractivity contribution in [3.63, 3.8) is 0 Å². The lowest BCUT2D eigenvalue weighted by Gasteiger charge is -2.28. The van der Waals surface area contributed by atoms with Gasteiger partial charge in [0.15, 0.2) is 0 Å². The van der Waals surface area contributed by atoms with Crippen LogP contribution < -0.4 is 15.4 Å². The number of esters is 2. The lowest BCUT2D eigenvalue weighted by molar-refractivity contribution is -0.139. The molecule has 0 aromatic heterocycles. The molecule has 2 N–H and O–H groups in total. The first kappa shape index (κ1) is 21.3. The second-order valence-electron chi connectivity index (χ2n) is 6.12. The summed E-state index contributed by atoms with van der Waals surface area (Å²) in [6.45, 7) is 6.09. The van der Waals surface area contributed by atoms with Crippen molar-refractivity contribution in [3.05, 3.63) is 41.1 Å². The highest BCUT2D eigenvalue weighted by Gasteiger charge is 2.32. The molecule has 8 heteroatoms. The van der Waals surface area contributed by atoms with E-state index in [-0.39, 0.29) is 24.5 Å². The van der Waals surface area contributed by atoms with Crippen molar-refractivity contribution in [1.82, 2.24) is 10.6 Å². The summed E-state index contributed by atoms with van der Waals surface area (Å²) in [5.41, 5.74) is 0.833. The van der Waals surface area contributed by atoms with Crippen molar-refractivity contribution in [1.29, 1.82) is 0 Å². The van der Waals surface area contributed by atoms with Gasteiger partial charge in [-0.05, 0) is 44.0 Å². The smallest absolute Gasteiger partial charge is 0.338 e. The summed E-state index contributed by atoms with van der Waals surface area (Å²) in [7, 11) is 0. The first-order valence-electron chi connectivity index (χ1n) is 9.37. The zero-order valence-corrected chi connectivity index (χ0v) is 16.4. The first-order valence-corrected chi connectivity index (χ1v) is 9.37. The van der Waals surface area contributed by atoms with Gasteiger partial charge in [0.05, 0.1) is 36.1 Å². The normalized spacial score (nSPS) is 16.1. The minimum Gasteiger partial charge on any atom is -0.494 e. The molecule has 28 heavy (non-hydrogen) atoms. The van der Waals surface area contributed by atoms with Crippen LogP contribution in [0.4, 0.5) is 4.79 Å². The van der Waals surface area contributed by atoms with Crippen molar-refractivity contribution < 1.29 is 28.6 Å². The van der Waals surface area contributed by atoms with E-state index in [4.69, 9.17) is 14.2 Å². The second kappa shape index (κ2) is 10.3. The third kappa shape index (κ3) is 5.48. The van der Waals surface area contributed by atoms with Crippen LogP contribution in [0.25, 0.3) is 0 Å². The van der Waals surface area contributed by atoms with Crippen LogP contribution in [0.15, 0.2) is 35.5 Å². The zero-order valence-electron chi connectivity index (χ0n) is 16.4. The zero-order chi connectivity index (χ0) is 20.5. The van der Waals surface area contributed by atoms with E-state index < -0.39 is 24.0 Å². The maximum Gasteiger partial charge on any atom is 0.338 e. The van der Waals surface area contributed by atoms with E-state index in [0.717, 1.165) is 6.42 Å². The van der Waals surface area contributed by atoms with Gasteiger partial charge in [-0.25, -0.2) is 14.4 Å². The predicted octanol–water partition coefficient (Wildman–Crippen LogP) is 2.54. The van der Waals surface area contributed by atoms with Crippen molar-refractivity contribution in [2.45, 2.75) is 39.7 Å². The number of amides is 2. The molecule has 1 atom stereocenters. The molecule has 152 valence electrons. The van der Waals surface area contributed by atoms with Crippen LogP contribution in [-0.4, -0.2) is 43.8 Å². The van der Waals surface area contributed by atoms with E-state index >= 15 is 0 Å². The predicted molar refractivity (Wildman–Crippen MR) is 102 cm³/mol. The van der Waals surface area contributed by atoms with Gasteiger partial charge in [-0.3, -0.25) is 0 Å². The van der Waals surface area contributed by atoms with Gasteiger partial charge < -0.3 is 24.8 Å². The summed E-state index contributed by atoms with van der Waals surface area (Å²) >= 11 is 0. The third-order valence-electron chi connectivity index (χ3n) is 4.06. The first-order chi connectivity index (χ1) is 13.5. The van der Waals surface area contributed by atoms with E-state index in [0.29, 0.717) is 24.3 Å². The average Bonchev–Trinajstić information content (AvgIpc) is 2.70. The molecule has 0 fully saturated rings. The highest BCUT2D eigenvalue weighted by atomic mass is 16.5. The number of nitrogens with one attached hydrogen (secondary N) is 2. The van der Waals surface area contributed by atoms with Gasteiger partial charge in [-0.2, -0.15) is 0 Å². The SMILES string of the molecule is CCCOc1ccc(C(=O)OCC2=C(C(=O)OCC)[C@H](CC)NC(=O)N2)cc1. The molecular formula is C20H26N2O6. The average molecular weight is 390 g/mol. The van der Waals surface area contributed by atoms with Crippen molar-refractivity contribution in [2.75, 3.05) is 19.8 Å². The molecule has 1 aromatic carbocycles. The topological polar surface area (TPSA) is 103 Å². The fourth-order valence-electron chi connectivity index (χ4n) is 2.70. The number of rotatable bonds is 9. The van der Waals surface area contributed by atoms with Crippen LogP contribution in [0.3, 0.4) is 0 Å². The Morgan fingerprint density at radius 1 is 1.04 bits per heavy atom. The number of carbonyl (C=O) groups is 3. The number of urea groups is 1. The minimum atomic E-state index is -0.571. The Morgan fingerprint density at radius 3 is 2.36 bits per heavy atom. The Morgan fingerprint density at radius 2 is 1.75 bits per heavy atom. The quantitative estimate of drug-likeness (QED) is 0.628. The van der Waals surface area contributed by atoms with Crippen LogP contribution >= 0.6 is 0 Å². The minimum absolute atomic E-state index is 0.201. The number of hydrogen-bond acceptors (Lipinski definition) is 6. The fraction of sp³-hybridized carbons (Fsp3) is 0.450. The Balaban J connectivity index is 2.11. The van der Waals surface area contributed by atoms with Gasteiger partial charge in [-0.1, -0.05) is 13.8 Å². The van der Waals surface area contributed by atoms with E-state index in [1.54, 1.807) is 31.2 Å². The maximum atomic E-state index is 12.3. The van der Waals surface area contributed by atoms with E-state index in [1.165, 1.54) is 0 Å². The monoisotopic (exact) mass is 390 g/mol. The Kier molecular flexibility index (Phi) is 7.86. The van der Waals surface area contributed by atoms with Crippen molar-refractivity contribution in [2.24, 2.45) is 0 Å². The van der Waals surface area contributed by atoms with Crippen LogP contribution in [0.2, 0.25) is 0 Å². The Labute approximate surface area is 164 Å². The molecular weight excluding hydrogens is 364 g/mol. The van der Waals surface area contributed by atoms with E-state index in [1.807, 2.05) is 13.8 Å². The largest absolute Gasteiger partial charge is 0.494 e. The highest BCUT2D eigenvalue weighted by Crippen LogP contribution is 2.18. The summed E-state index contributed by atoms with van der Waals surface area (Å²) in [4.78, 5) is 36.5. The van der Waals surface area contributed by atoms with Gasteiger partial charge in [0.2, 0.25) is 0 Å². The van der Waals surface area contributed by atoms with Crippen LogP contribution in [0.1, 0.15) is 44.0 Å². The highest BCUT2D eigenvalue weighted by molar-refractivity contribution is 5.95. The van der Waals surface area contributed by atoms with Crippen molar-refractivity contribution in [3.8, 4) is 5.75 Å². The molecule has 2 rings (SSSR count). The number of benzene rings is 1. The molecule has 0 aliphatic carbocycles. The molecule has 8 nitrogen and oxygen atoms in total. The lowest BCUT2D eigenvalue weighted by atomic mass is 10.0. The summed E-state index contributed by atoms with van der Waals surface area (Å²) in [6.07, 6.45) is 1.39. The van der Waals surface area contributed by atoms with Crippen molar-refractivity contribution >= 4 is 18.0 Å². The molecule has 0 saturated heterocycles. The van der Waals surface area contributed by atoms with E-state index in [2.05, 4.69) is 10.6 Å². The molecule has 1 aromatic rings. The van der Waals surface area contributed by atoms with Gasteiger partial charge in [0.25, 0.3) is 0 Å². The molecule has 1 aliphatic rings. The molecule has 0 spiro atoms. The summed E-state index contributed by atoms with van der Waals surface area (Å²) in [5, 5.41) is 5.21. The standard InChI is InChI=1S/C20H26N2O6/c1-4-11-27-14-9-7-13(8-10-14)18(23)28-12-16-17(19(24)26-6-3)15(5-2)21-20(25)22-16/h7-10,15H,4-6,11-12H2,1-3H3,(H2,21,22,25)/t15-/m0/s1. The van der Waals surface area contributed by atoms with Gasteiger partial charge >= 0.3 is 18.0 Å². The van der Waals surface area contributed by atoms with Crippen LogP contribution in [0.5, 0.6) is 5.75 Å². The molecule has 2 amide bonds. The molecule has 0 saturated carbocycles. The Bertz CT molecular complexity index is 742. The molecule has 1 aliphatic heterocycles.